The minimum Gasteiger partial charge on any atom is -0.618 e. The SMILES string of the molecule is COc1cc(NC(=O)C(F)(F)F)c2c(ccc[n+]2[O-])c1. The number of nitrogens with one attached hydrogen (secondary N) is 1. The van der Waals surface area contributed by atoms with Crippen LogP contribution >= 0.6 is 0 Å². The number of fused-ring (bicyclic) bond motifs is 1. The van der Waals surface area contributed by atoms with Crippen LogP contribution < -0.4 is 14.8 Å². The summed E-state index contributed by atoms with van der Waals surface area (Å²) in [4.78, 5) is 11.0. The maximum atomic E-state index is 12.3. The highest BCUT2D eigenvalue weighted by Gasteiger charge is 2.39. The molecule has 0 radical (unpaired) electrons. The van der Waals surface area contributed by atoms with Crippen molar-refractivity contribution in [3.8, 4) is 5.75 Å². The zero-order chi connectivity index (χ0) is 14.9. The third-order valence-corrected chi connectivity index (χ3v) is 2.57. The maximum absolute atomic E-state index is 12.3. The lowest BCUT2D eigenvalue weighted by Gasteiger charge is -2.11. The lowest BCUT2D eigenvalue weighted by Crippen LogP contribution is -2.32. The molecule has 0 fully saturated rings. The summed E-state index contributed by atoms with van der Waals surface area (Å²) in [6.07, 6.45) is -3.92. The van der Waals surface area contributed by atoms with Crippen molar-refractivity contribution in [2.45, 2.75) is 6.18 Å². The average Bonchev–Trinajstić information content (AvgIpc) is 2.37. The molecule has 20 heavy (non-hydrogen) atoms. The number of anilines is 1. The van der Waals surface area contributed by atoms with Gasteiger partial charge in [0.15, 0.2) is 6.20 Å². The number of alkyl halides is 3. The number of carbonyl (C=O) groups is 1. The number of nitrogens with zero attached hydrogens (tertiary/aromatic N) is 1. The molecule has 0 bridgehead atoms. The van der Waals surface area contributed by atoms with Crippen molar-refractivity contribution in [2.24, 2.45) is 0 Å². The van der Waals surface area contributed by atoms with Gasteiger partial charge in [-0.2, -0.15) is 17.9 Å². The Bertz CT molecular complexity index is 671. The zero-order valence-electron chi connectivity index (χ0n) is 10.2. The van der Waals surface area contributed by atoms with Gasteiger partial charge in [0.2, 0.25) is 5.52 Å². The quantitative estimate of drug-likeness (QED) is 0.678. The maximum Gasteiger partial charge on any atom is 0.471 e. The van der Waals surface area contributed by atoms with Crippen LogP contribution in [0.2, 0.25) is 0 Å². The van der Waals surface area contributed by atoms with Crippen LogP contribution in [0.5, 0.6) is 5.75 Å². The molecule has 1 N–H and O–H groups in total. The Labute approximate surface area is 111 Å². The first-order valence-electron chi connectivity index (χ1n) is 5.41. The van der Waals surface area contributed by atoms with E-state index in [-0.39, 0.29) is 17.0 Å². The van der Waals surface area contributed by atoms with Crippen LogP contribution in [0.1, 0.15) is 0 Å². The summed E-state index contributed by atoms with van der Waals surface area (Å²) in [7, 11) is 1.32. The Morgan fingerprint density at radius 3 is 2.70 bits per heavy atom. The van der Waals surface area contributed by atoms with Crippen molar-refractivity contribution in [3.05, 3.63) is 35.7 Å². The first-order valence-corrected chi connectivity index (χ1v) is 5.41. The van der Waals surface area contributed by atoms with E-state index in [0.717, 1.165) is 12.3 Å². The molecule has 1 aromatic heterocycles. The Morgan fingerprint density at radius 2 is 2.10 bits per heavy atom. The molecule has 0 unspecified atom stereocenters. The molecule has 0 saturated heterocycles. The smallest absolute Gasteiger partial charge is 0.471 e. The first-order chi connectivity index (χ1) is 9.32. The fourth-order valence-electron chi connectivity index (χ4n) is 1.71. The predicted molar refractivity (Wildman–Crippen MR) is 64.1 cm³/mol. The Hall–Kier alpha value is -2.51. The lowest BCUT2D eigenvalue weighted by molar-refractivity contribution is -0.576. The number of aromatic nitrogens is 1. The van der Waals surface area contributed by atoms with E-state index in [1.807, 2.05) is 0 Å². The molecule has 106 valence electrons. The Kier molecular flexibility index (Phi) is 3.39. The van der Waals surface area contributed by atoms with E-state index in [0.29, 0.717) is 10.1 Å². The number of rotatable bonds is 2. The van der Waals surface area contributed by atoms with Gasteiger partial charge in [-0.15, -0.1) is 0 Å². The molecule has 8 heteroatoms. The van der Waals surface area contributed by atoms with E-state index in [4.69, 9.17) is 4.74 Å². The van der Waals surface area contributed by atoms with Crippen LogP contribution in [0.15, 0.2) is 30.5 Å². The lowest BCUT2D eigenvalue weighted by atomic mass is 10.1. The van der Waals surface area contributed by atoms with Crippen LogP contribution in [0.4, 0.5) is 18.9 Å². The van der Waals surface area contributed by atoms with Gasteiger partial charge < -0.3 is 15.3 Å². The van der Waals surface area contributed by atoms with Crippen molar-refractivity contribution in [1.82, 2.24) is 0 Å². The average molecular weight is 286 g/mol. The number of pyridine rings is 1. The molecule has 1 heterocycles. The van der Waals surface area contributed by atoms with Crippen molar-refractivity contribution in [3.63, 3.8) is 0 Å². The molecule has 0 aliphatic rings. The molecule has 0 atom stereocenters. The summed E-state index contributed by atoms with van der Waals surface area (Å²) in [6, 6.07) is 5.59. The number of hydrogen-bond donors (Lipinski definition) is 1. The van der Waals surface area contributed by atoms with E-state index in [1.54, 1.807) is 5.32 Å². The topological polar surface area (TPSA) is 65.3 Å². The van der Waals surface area contributed by atoms with Crippen LogP contribution in [0, 0.1) is 5.21 Å². The van der Waals surface area contributed by atoms with Gasteiger partial charge in [-0.1, -0.05) is 0 Å². The number of ether oxygens (including phenoxy) is 1. The largest absolute Gasteiger partial charge is 0.618 e. The summed E-state index contributed by atoms with van der Waals surface area (Å²) < 4.78 is 42.2. The second-order valence-corrected chi connectivity index (χ2v) is 3.90. The fraction of sp³-hybridized carbons (Fsp3) is 0.167. The van der Waals surface area contributed by atoms with Crippen molar-refractivity contribution >= 4 is 22.5 Å². The van der Waals surface area contributed by atoms with E-state index in [2.05, 4.69) is 0 Å². The molecule has 0 spiro atoms. The van der Waals surface area contributed by atoms with Gasteiger partial charge in [-0.3, -0.25) is 4.79 Å². The molecule has 0 aliphatic heterocycles. The molecule has 1 aromatic carbocycles. The van der Waals surface area contributed by atoms with E-state index in [9.17, 15) is 23.2 Å². The van der Waals surface area contributed by atoms with Crippen LogP contribution in [-0.2, 0) is 4.79 Å². The predicted octanol–water partition coefficient (Wildman–Crippen LogP) is 1.98. The van der Waals surface area contributed by atoms with Gasteiger partial charge in [-0.25, -0.2) is 0 Å². The highest BCUT2D eigenvalue weighted by atomic mass is 19.4. The van der Waals surface area contributed by atoms with Gasteiger partial charge in [-0.05, 0) is 12.1 Å². The van der Waals surface area contributed by atoms with Crippen molar-refractivity contribution in [1.29, 1.82) is 0 Å². The first kappa shape index (κ1) is 13.9. The molecule has 2 rings (SSSR count). The van der Waals surface area contributed by atoms with Crippen molar-refractivity contribution in [2.75, 3.05) is 12.4 Å². The number of carbonyl (C=O) groups excluding carboxylic acids is 1. The van der Waals surface area contributed by atoms with Gasteiger partial charge in [0.25, 0.3) is 0 Å². The summed E-state index contributed by atoms with van der Waals surface area (Å²) >= 11 is 0. The number of amides is 1. The van der Waals surface area contributed by atoms with Gasteiger partial charge in [0.1, 0.15) is 11.4 Å². The standard InChI is InChI=1S/C12H9F3N2O3/c1-20-8-5-7-3-2-4-17(19)10(7)9(6-8)16-11(18)12(13,14)15/h2-6H,1H3,(H,16,18). The number of halogens is 3. The number of methoxy groups -OCH3 is 1. The zero-order valence-corrected chi connectivity index (χ0v) is 10.2. The summed E-state index contributed by atoms with van der Waals surface area (Å²) in [5, 5.41) is 13.7. The summed E-state index contributed by atoms with van der Waals surface area (Å²) in [5.41, 5.74) is -0.344. The van der Waals surface area contributed by atoms with E-state index >= 15 is 0 Å². The normalized spacial score (nSPS) is 11.4. The van der Waals surface area contributed by atoms with Crippen molar-refractivity contribution < 1.29 is 27.4 Å². The molecule has 5 nitrogen and oxygen atoms in total. The second kappa shape index (κ2) is 4.87. The van der Waals surface area contributed by atoms with E-state index < -0.39 is 12.1 Å². The minimum absolute atomic E-state index is 0.0779. The number of hydrogen-bond acceptors (Lipinski definition) is 3. The van der Waals surface area contributed by atoms with E-state index in [1.165, 1.54) is 25.3 Å². The monoisotopic (exact) mass is 286 g/mol. The molecule has 0 aliphatic carbocycles. The van der Waals surface area contributed by atoms with Gasteiger partial charge in [0.05, 0.1) is 12.5 Å². The molecule has 0 saturated carbocycles. The van der Waals surface area contributed by atoms with Gasteiger partial charge >= 0.3 is 12.1 Å². The third-order valence-electron chi connectivity index (χ3n) is 2.57. The van der Waals surface area contributed by atoms with Crippen LogP contribution in [-0.4, -0.2) is 19.2 Å². The fourth-order valence-corrected chi connectivity index (χ4v) is 1.71. The second-order valence-electron chi connectivity index (χ2n) is 3.90. The highest BCUT2D eigenvalue weighted by molar-refractivity contribution is 6.02. The van der Waals surface area contributed by atoms with Gasteiger partial charge in [0, 0.05) is 12.1 Å². The Morgan fingerprint density at radius 1 is 1.40 bits per heavy atom. The minimum atomic E-state index is -5.04. The third kappa shape index (κ3) is 2.58. The molecule has 1 amide bonds. The Balaban J connectivity index is 2.58. The number of benzene rings is 1. The molecule has 2 aromatic rings. The molecular formula is C12H9F3N2O3. The van der Waals surface area contributed by atoms with Crippen LogP contribution in [0.3, 0.4) is 0 Å². The summed E-state index contributed by atoms with van der Waals surface area (Å²) in [5.74, 6) is -1.93. The summed E-state index contributed by atoms with van der Waals surface area (Å²) in [6.45, 7) is 0. The highest BCUT2D eigenvalue weighted by Crippen LogP contribution is 2.28. The molecular weight excluding hydrogens is 277 g/mol. The van der Waals surface area contributed by atoms with Crippen LogP contribution in [0.25, 0.3) is 10.9 Å².